The molecule has 0 unspecified atom stereocenters. The molecule has 0 amide bonds. The fraction of sp³-hybridized carbons (Fsp3) is 0.0588. The smallest absolute Gasteiger partial charge is 0.358 e. The van der Waals surface area contributed by atoms with Crippen molar-refractivity contribution >= 4 is 17.3 Å². The summed E-state index contributed by atoms with van der Waals surface area (Å²) in [5.74, 6) is -0.184. The molecule has 0 radical (unpaired) electrons. The molecule has 4 rings (SSSR count). The van der Waals surface area contributed by atoms with E-state index >= 15 is 0 Å². The van der Waals surface area contributed by atoms with Crippen molar-refractivity contribution in [3.05, 3.63) is 65.4 Å². The Labute approximate surface area is 150 Å². The normalized spacial score (nSPS) is 10.8. The number of nitrogens with zero attached hydrogens (tertiary/aromatic N) is 3. The van der Waals surface area contributed by atoms with E-state index in [9.17, 15) is 9.18 Å². The van der Waals surface area contributed by atoms with Gasteiger partial charge < -0.3 is 13.6 Å². The van der Waals surface area contributed by atoms with Crippen LogP contribution in [-0.2, 0) is 11.3 Å². The standard InChI is InChI=1S/C17H10FN3O4S/c18-11-5-3-10(4-6-11)16-19-12(9-26-16)17(22)24-8-14-20-21-15(25-14)13-2-1-7-23-13/h1-7,9H,8H2. The zero-order valence-electron chi connectivity index (χ0n) is 13.1. The molecule has 26 heavy (non-hydrogen) atoms. The van der Waals surface area contributed by atoms with Crippen molar-refractivity contribution in [3.63, 3.8) is 0 Å². The Morgan fingerprint density at radius 1 is 1.19 bits per heavy atom. The lowest BCUT2D eigenvalue weighted by atomic mass is 10.2. The van der Waals surface area contributed by atoms with Crippen LogP contribution in [0.4, 0.5) is 4.39 Å². The molecule has 0 bridgehead atoms. The number of benzene rings is 1. The Hall–Kier alpha value is -3.33. The number of rotatable bonds is 5. The van der Waals surface area contributed by atoms with Crippen molar-refractivity contribution < 1.29 is 22.8 Å². The second-order valence-corrected chi connectivity index (χ2v) is 5.96. The minimum absolute atomic E-state index is 0.138. The average molecular weight is 371 g/mol. The highest BCUT2D eigenvalue weighted by Crippen LogP contribution is 2.24. The summed E-state index contributed by atoms with van der Waals surface area (Å²) < 4.78 is 28.6. The Balaban J connectivity index is 1.40. The van der Waals surface area contributed by atoms with E-state index in [1.165, 1.54) is 29.7 Å². The van der Waals surface area contributed by atoms with Gasteiger partial charge in [0, 0.05) is 10.9 Å². The van der Waals surface area contributed by atoms with Crippen LogP contribution in [0, 0.1) is 5.82 Å². The molecule has 0 aliphatic carbocycles. The maximum absolute atomic E-state index is 13.0. The molecular formula is C17H10FN3O4S. The molecule has 0 aliphatic heterocycles. The second-order valence-electron chi connectivity index (χ2n) is 5.10. The minimum Gasteiger partial charge on any atom is -0.459 e. The summed E-state index contributed by atoms with van der Waals surface area (Å²) in [6, 6.07) is 9.23. The number of furan rings is 1. The van der Waals surface area contributed by atoms with Gasteiger partial charge in [0.15, 0.2) is 18.1 Å². The second kappa shape index (κ2) is 6.89. The van der Waals surface area contributed by atoms with E-state index < -0.39 is 5.97 Å². The van der Waals surface area contributed by atoms with E-state index in [4.69, 9.17) is 13.6 Å². The maximum Gasteiger partial charge on any atom is 0.358 e. The van der Waals surface area contributed by atoms with Gasteiger partial charge in [0.2, 0.25) is 0 Å². The Kier molecular flexibility index (Phi) is 4.28. The zero-order valence-corrected chi connectivity index (χ0v) is 13.9. The topological polar surface area (TPSA) is 91.2 Å². The molecule has 130 valence electrons. The lowest BCUT2D eigenvalue weighted by molar-refractivity contribution is 0.0432. The van der Waals surface area contributed by atoms with Gasteiger partial charge in [-0.15, -0.1) is 21.5 Å². The van der Waals surface area contributed by atoms with Crippen molar-refractivity contribution in [2.24, 2.45) is 0 Å². The maximum atomic E-state index is 13.0. The van der Waals surface area contributed by atoms with Crippen LogP contribution in [-0.4, -0.2) is 21.2 Å². The SMILES string of the molecule is O=C(OCc1nnc(-c2ccco2)o1)c1csc(-c2ccc(F)cc2)n1. The van der Waals surface area contributed by atoms with Gasteiger partial charge in [0.1, 0.15) is 10.8 Å². The molecule has 0 aliphatic rings. The molecule has 9 heteroatoms. The fourth-order valence-electron chi connectivity index (χ4n) is 2.11. The fourth-order valence-corrected chi connectivity index (χ4v) is 2.90. The Morgan fingerprint density at radius 2 is 2.04 bits per heavy atom. The number of ether oxygens (including phenoxy) is 1. The van der Waals surface area contributed by atoms with Crippen molar-refractivity contribution in [2.45, 2.75) is 6.61 Å². The van der Waals surface area contributed by atoms with Gasteiger partial charge in [-0.25, -0.2) is 14.2 Å². The predicted molar refractivity (Wildman–Crippen MR) is 88.6 cm³/mol. The zero-order chi connectivity index (χ0) is 17.9. The first-order valence-electron chi connectivity index (χ1n) is 7.44. The largest absolute Gasteiger partial charge is 0.459 e. The molecule has 0 saturated heterocycles. The number of hydrogen-bond donors (Lipinski definition) is 0. The van der Waals surface area contributed by atoms with Crippen LogP contribution >= 0.6 is 11.3 Å². The molecule has 0 fully saturated rings. The van der Waals surface area contributed by atoms with Crippen LogP contribution in [0.25, 0.3) is 22.2 Å². The molecule has 0 atom stereocenters. The van der Waals surface area contributed by atoms with Crippen LogP contribution in [0.5, 0.6) is 0 Å². The number of halogens is 1. The van der Waals surface area contributed by atoms with Gasteiger partial charge in [0.25, 0.3) is 11.8 Å². The lowest BCUT2D eigenvalue weighted by Gasteiger charge is -1.98. The van der Waals surface area contributed by atoms with Crippen molar-refractivity contribution in [1.82, 2.24) is 15.2 Å². The summed E-state index contributed by atoms with van der Waals surface area (Å²) in [7, 11) is 0. The molecule has 4 aromatic rings. The summed E-state index contributed by atoms with van der Waals surface area (Å²) in [6.07, 6.45) is 1.49. The van der Waals surface area contributed by atoms with E-state index in [1.54, 1.807) is 29.6 Å². The number of esters is 1. The summed E-state index contributed by atoms with van der Waals surface area (Å²) >= 11 is 1.26. The van der Waals surface area contributed by atoms with Crippen molar-refractivity contribution in [2.75, 3.05) is 0 Å². The first-order valence-corrected chi connectivity index (χ1v) is 8.32. The summed E-state index contributed by atoms with van der Waals surface area (Å²) in [6.45, 7) is -0.185. The number of carbonyl (C=O) groups is 1. The number of thiazole rings is 1. The number of hydrogen-bond acceptors (Lipinski definition) is 8. The number of carbonyl (C=O) groups excluding carboxylic acids is 1. The first-order chi connectivity index (χ1) is 12.7. The van der Waals surface area contributed by atoms with Gasteiger partial charge in [0.05, 0.1) is 6.26 Å². The summed E-state index contributed by atoms with van der Waals surface area (Å²) in [5.41, 5.74) is 0.871. The Morgan fingerprint density at radius 3 is 2.81 bits per heavy atom. The molecule has 3 aromatic heterocycles. The predicted octanol–water partition coefficient (Wildman–Crippen LogP) is 3.95. The molecule has 7 nitrogen and oxygen atoms in total. The van der Waals surface area contributed by atoms with E-state index in [0.717, 1.165) is 5.56 Å². The molecular weight excluding hydrogens is 361 g/mol. The molecule has 0 saturated carbocycles. The van der Waals surface area contributed by atoms with Crippen LogP contribution in [0.3, 0.4) is 0 Å². The molecule has 1 aromatic carbocycles. The molecule has 3 heterocycles. The van der Waals surface area contributed by atoms with E-state index in [0.29, 0.717) is 10.8 Å². The highest BCUT2D eigenvalue weighted by Gasteiger charge is 2.16. The average Bonchev–Trinajstić information content (AvgIpc) is 3.41. The third-order valence-electron chi connectivity index (χ3n) is 3.33. The van der Waals surface area contributed by atoms with Gasteiger partial charge in [-0.3, -0.25) is 0 Å². The monoisotopic (exact) mass is 371 g/mol. The van der Waals surface area contributed by atoms with Crippen LogP contribution in [0.2, 0.25) is 0 Å². The number of aromatic nitrogens is 3. The van der Waals surface area contributed by atoms with E-state index in [-0.39, 0.29) is 29.9 Å². The van der Waals surface area contributed by atoms with Crippen molar-refractivity contribution in [3.8, 4) is 22.2 Å². The van der Waals surface area contributed by atoms with E-state index in [2.05, 4.69) is 15.2 Å². The molecule has 0 N–H and O–H groups in total. The lowest BCUT2D eigenvalue weighted by Crippen LogP contribution is -2.05. The van der Waals surface area contributed by atoms with Gasteiger partial charge in [-0.2, -0.15) is 0 Å². The third-order valence-corrected chi connectivity index (χ3v) is 4.22. The Bertz CT molecular complexity index is 1020. The third kappa shape index (κ3) is 3.38. The van der Waals surface area contributed by atoms with Gasteiger partial charge >= 0.3 is 5.97 Å². The van der Waals surface area contributed by atoms with Crippen LogP contribution in [0.1, 0.15) is 16.4 Å². The van der Waals surface area contributed by atoms with E-state index in [1.807, 2.05) is 0 Å². The van der Waals surface area contributed by atoms with Crippen LogP contribution in [0.15, 0.2) is 56.9 Å². The van der Waals surface area contributed by atoms with Crippen molar-refractivity contribution in [1.29, 1.82) is 0 Å². The summed E-state index contributed by atoms with van der Waals surface area (Å²) in [5, 5.41) is 9.77. The highest BCUT2D eigenvalue weighted by molar-refractivity contribution is 7.13. The van der Waals surface area contributed by atoms with Crippen LogP contribution < -0.4 is 0 Å². The van der Waals surface area contributed by atoms with Gasteiger partial charge in [-0.1, -0.05) is 0 Å². The highest BCUT2D eigenvalue weighted by atomic mass is 32.1. The minimum atomic E-state index is -0.618. The summed E-state index contributed by atoms with van der Waals surface area (Å²) in [4.78, 5) is 16.3. The first kappa shape index (κ1) is 16.2. The van der Waals surface area contributed by atoms with Gasteiger partial charge in [-0.05, 0) is 36.4 Å². The quantitative estimate of drug-likeness (QED) is 0.491. The molecule has 0 spiro atoms.